The SMILES string of the molecule is O=c1cc(N2CCCC2)cnn1Cc1ccc(Cl)nc1. The lowest BCUT2D eigenvalue weighted by atomic mass is 10.3. The van der Waals surface area contributed by atoms with Crippen molar-refractivity contribution in [2.75, 3.05) is 18.0 Å². The summed E-state index contributed by atoms with van der Waals surface area (Å²) in [5.41, 5.74) is 1.72. The molecule has 0 amide bonds. The molecule has 0 unspecified atom stereocenters. The van der Waals surface area contributed by atoms with Crippen LogP contribution in [-0.2, 0) is 6.54 Å². The second-order valence-corrected chi connectivity index (χ2v) is 5.28. The summed E-state index contributed by atoms with van der Waals surface area (Å²) in [5, 5.41) is 4.69. The van der Waals surface area contributed by atoms with E-state index in [-0.39, 0.29) is 5.56 Å². The van der Waals surface area contributed by atoms with Gasteiger partial charge in [0.25, 0.3) is 5.56 Å². The van der Waals surface area contributed by atoms with Gasteiger partial charge in [-0.2, -0.15) is 5.10 Å². The molecule has 2 aromatic rings. The summed E-state index contributed by atoms with van der Waals surface area (Å²) in [5.74, 6) is 0. The number of hydrogen-bond donors (Lipinski definition) is 0. The molecule has 5 nitrogen and oxygen atoms in total. The lowest BCUT2D eigenvalue weighted by Gasteiger charge is -2.17. The number of nitrogens with zero attached hydrogens (tertiary/aromatic N) is 4. The first-order chi connectivity index (χ1) is 9.72. The number of anilines is 1. The van der Waals surface area contributed by atoms with Gasteiger partial charge in [0.05, 0.1) is 18.4 Å². The van der Waals surface area contributed by atoms with E-state index in [2.05, 4.69) is 15.0 Å². The third-order valence-corrected chi connectivity index (χ3v) is 3.67. The molecule has 2 aromatic heterocycles. The predicted octanol–water partition coefficient (Wildman–Crippen LogP) is 1.94. The molecule has 6 heteroatoms. The fraction of sp³-hybridized carbons (Fsp3) is 0.357. The zero-order valence-corrected chi connectivity index (χ0v) is 11.8. The molecular formula is C14H15ClN4O. The van der Waals surface area contributed by atoms with Crippen LogP contribution in [-0.4, -0.2) is 27.9 Å². The molecule has 0 aliphatic carbocycles. The molecule has 0 saturated carbocycles. The molecule has 0 radical (unpaired) electrons. The Labute approximate surface area is 121 Å². The van der Waals surface area contributed by atoms with Crippen LogP contribution in [0.15, 0.2) is 35.4 Å². The first kappa shape index (κ1) is 13.1. The van der Waals surface area contributed by atoms with E-state index in [1.54, 1.807) is 24.5 Å². The minimum absolute atomic E-state index is 0.0932. The van der Waals surface area contributed by atoms with Crippen molar-refractivity contribution >= 4 is 17.3 Å². The normalized spacial score (nSPS) is 14.8. The van der Waals surface area contributed by atoms with E-state index in [9.17, 15) is 4.79 Å². The highest BCUT2D eigenvalue weighted by Crippen LogP contribution is 2.16. The van der Waals surface area contributed by atoms with Crippen molar-refractivity contribution in [2.24, 2.45) is 0 Å². The summed E-state index contributed by atoms with van der Waals surface area (Å²) in [6.07, 6.45) is 5.78. The molecule has 1 fully saturated rings. The van der Waals surface area contributed by atoms with Crippen LogP contribution in [0.1, 0.15) is 18.4 Å². The third kappa shape index (κ3) is 2.82. The van der Waals surface area contributed by atoms with Gasteiger partial charge in [-0.3, -0.25) is 4.79 Å². The van der Waals surface area contributed by atoms with Crippen molar-refractivity contribution in [1.82, 2.24) is 14.8 Å². The van der Waals surface area contributed by atoms with Gasteiger partial charge in [-0.05, 0) is 24.5 Å². The number of hydrogen-bond acceptors (Lipinski definition) is 4. The summed E-state index contributed by atoms with van der Waals surface area (Å²) < 4.78 is 1.44. The highest BCUT2D eigenvalue weighted by molar-refractivity contribution is 6.29. The van der Waals surface area contributed by atoms with Gasteiger partial charge in [0.2, 0.25) is 0 Å². The highest BCUT2D eigenvalue weighted by Gasteiger charge is 2.13. The number of pyridine rings is 1. The van der Waals surface area contributed by atoms with Gasteiger partial charge >= 0.3 is 0 Å². The fourth-order valence-corrected chi connectivity index (χ4v) is 2.48. The summed E-state index contributed by atoms with van der Waals surface area (Å²) in [4.78, 5) is 18.3. The van der Waals surface area contributed by atoms with Crippen LogP contribution in [0.3, 0.4) is 0 Å². The highest BCUT2D eigenvalue weighted by atomic mass is 35.5. The van der Waals surface area contributed by atoms with Crippen LogP contribution in [0.25, 0.3) is 0 Å². The van der Waals surface area contributed by atoms with Gasteiger partial charge < -0.3 is 4.90 Å². The second kappa shape index (κ2) is 5.63. The second-order valence-electron chi connectivity index (χ2n) is 4.89. The minimum atomic E-state index is -0.0932. The van der Waals surface area contributed by atoms with Gasteiger partial charge in [0.15, 0.2) is 0 Å². The number of halogens is 1. The van der Waals surface area contributed by atoms with E-state index in [4.69, 9.17) is 11.6 Å². The van der Waals surface area contributed by atoms with Crippen LogP contribution in [0.4, 0.5) is 5.69 Å². The lowest BCUT2D eigenvalue weighted by Crippen LogP contribution is -2.26. The van der Waals surface area contributed by atoms with Crippen LogP contribution in [0.2, 0.25) is 5.15 Å². The molecule has 20 heavy (non-hydrogen) atoms. The molecule has 0 N–H and O–H groups in total. The van der Waals surface area contributed by atoms with Crippen LogP contribution in [0.5, 0.6) is 0 Å². The zero-order chi connectivity index (χ0) is 13.9. The topological polar surface area (TPSA) is 51.0 Å². The molecule has 3 heterocycles. The summed E-state index contributed by atoms with van der Waals surface area (Å²) >= 11 is 5.74. The smallest absolute Gasteiger partial charge is 0.269 e. The van der Waals surface area contributed by atoms with Crippen molar-refractivity contribution in [2.45, 2.75) is 19.4 Å². The average Bonchev–Trinajstić information content (AvgIpc) is 2.97. The van der Waals surface area contributed by atoms with Crippen molar-refractivity contribution < 1.29 is 0 Å². The van der Waals surface area contributed by atoms with Gasteiger partial charge in [0, 0.05) is 25.4 Å². The summed E-state index contributed by atoms with van der Waals surface area (Å²) in [7, 11) is 0. The Bertz CT molecular complexity index is 647. The van der Waals surface area contributed by atoms with E-state index >= 15 is 0 Å². The first-order valence-electron chi connectivity index (χ1n) is 6.65. The Balaban J connectivity index is 1.80. The van der Waals surface area contributed by atoms with Gasteiger partial charge in [-0.25, -0.2) is 9.67 Å². The molecule has 0 bridgehead atoms. The quantitative estimate of drug-likeness (QED) is 0.811. The molecule has 3 rings (SSSR count). The molecule has 0 spiro atoms. The zero-order valence-electron chi connectivity index (χ0n) is 11.0. The summed E-state index contributed by atoms with van der Waals surface area (Å²) in [6.45, 7) is 2.42. The first-order valence-corrected chi connectivity index (χ1v) is 7.03. The molecule has 1 aliphatic rings. The molecular weight excluding hydrogens is 276 g/mol. The van der Waals surface area contributed by atoms with E-state index in [0.717, 1.165) is 24.3 Å². The van der Waals surface area contributed by atoms with Crippen molar-refractivity contribution in [1.29, 1.82) is 0 Å². The predicted molar refractivity (Wildman–Crippen MR) is 78.3 cm³/mol. The Kier molecular flexibility index (Phi) is 3.69. The summed E-state index contributed by atoms with van der Waals surface area (Å²) in [6, 6.07) is 5.21. The maximum Gasteiger partial charge on any atom is 0.269 e. The Hall–Kier alpha value is -1.88. The largest absolute Gasteiger partial charge is 0.370 e. The number of aromatic nitrogens is 3. The molecule has 1 saturated heterocycles. The standard InChI is InChI=1S/C14H15ClN4O/c15-13-4-3-11(8-16-13)10-19-14(20)7-12(9-17-19)18-5-1-2-6-18/h3-4,7-9H,1-2,5-6,10H2. The molecule has 1 aliphatic heterocycles. The maximum atomic E-state index is 12.1. The van der Waals surface area contributed by atoms with Crippen molar-refractivity contribution in [3.05, 3.63) is 51.7 Å². The molecule has 104 valence electrons. The number of rotatable bonds is 3. The van der Waals surface area contributed by atoms with Gasteiger partial charge in [-0.15, -0.1) is 0 Å². The van der Waals surface area contributed by atoms with Gasteiger partial charge in [0.1, 0.15) is 5.15 Å². The average molecular weight is 291 g/mol. The van der Waals surface area contributed by atoms with Crippen LogP contribution < -0.4 is 10.5 Å². The molecule has 0 aromatic carbocycles. The van der Waals surface area contributed by atoms with Crippen molar-refractivity contribution in [3.63, 3.8) is 0 Å². The van der Waals surface area contributed by atoms with E-state index in [0.29, 0.717) is 11.7 Å². The van der Waals surface area contributed by atoms with Gasteiger partial charge in [-0.1, -0.05) is 17.7 Å². The molecule has 0 atom stereocenters. The van der Waals surface area contributed by atoms with Crippen LogP contribution >= 0.6 is 11.6 Å². The Morgan fingerprint density at radius 2 is 2.00 bits per heavy atom. The van der Waals surface area contributed by atoms with Crippen LogP contribution in [0, 0.1) is 0 Å². The van der Waals surface area contributed by atoms with E-state index < -0.39 is 0 Å². The fourth-order valence-electron chi connectivity index (χ4n) is 2.36. The van der Waals surface area contributed by atoms with E-state index in [1.807, 2.05) is 6.07 Å². The Morgan fingerprint density at radius 3 is 2.65 bits per heavy atom. The Morgan fingerprint density at radius 1 is 1.20 bits per heavy atom. The minimum Gasteiger partial charge on any atom is -0.370 e. The maximum absolute atomic E-state index is 12.1. The monoisotopic (exact) mass is 290 g/mol. The lowest BCUT2D eigenvalue weighted by molar-refractivity contribution is 0.636. The van der Waals surface area contributed by atoms with Crippen molar-refractivity contribution in [3.8, 4) is 0 Å². The third-order valence-electron chi connectivity index (χ3n) is 3.45. The van der Waals surface area contributed by atoms with E-state index in [1.165, 1.54) is 17.5 Å².